The van der Waals surface area contributed by atoms with Crippen LogP contribution in [0, 0.1) is 6.92 Å². The monoisotopic (exact) mass is 268 g/mol. The van der Waals surface area contributed by atoms with Crippen LogP contribution in [0.5, 0.6) is 0 Å². The largest absolute Gasteiger partial charge is 0.399 e. The quantitative estimate of drug-likeness (QED) is 0.711. The first-order valence-electron chi connectivity index (χ1n) is 6.44. The molecule has 0 amide bonds. The lowest BCUT2D eigenvalue weighted by atomic mass is 10.2. The van der Waals surface area contributed by atoms with Crippen LogP contribution in [-0.2, 0) is 13.2 Å². The standard InChI is InChI=1S/C15H16N4O/c1-10-2-3-11(7-17-10)8-19-14-5-4-12(16)6-13(14)18-15(19)9-20/h2-7,20H,8-9,16H2,1H3. The molecule has 3 N–H and O–H groups in total. The number of nitrogens with two attached hydrogens (primary N) is 1. The second-order valence-corrected chi connectivity index (χ2v) is 4.83. The molecule has 2 aromatic heterocycles. The first kappa shape index (κ1) is 12.6. The van der Waals surface area contributed by atoms with Gasteiger partial charge in [-0.05, 0) is 36.8 Å². The van der Waals surface area contributed by atoms with E-state index in [1.54, 1.807) is 0 Å². The van der Waals surface area contributed by atoms with Crippen molar-refractivity contribution in [1.82, 2.24) is 14.5 Å². The molecule has 5 heteroatoms. The van der Waals surface area contributed by atoms with Crippen LogP contribution in [0.15, 0.2) is 36.5 Å². The van der Waals surface area contributed by atoms with Crippen molar-refractivity contribution in [2.24, 2.45) is 0 Å². The molecular weight excluding hydrogens is 252 g/mol. The second-order valence-electron chi connectivity index (χ2n) is 4.83. The zero-order valence-electron chi connectivity index (χ0n) is 11.2. The fourth-order valence-electron chi connectivity index (χ4n) is 2.27. The van der Waals surface area contributed by atoms with Crippen LogP contribution >= 0.6 is 0 Å². The first-order valence-corrected chi connectivity index (χ1v) is 6.44. The Balaban J connectivity index is 2.07. The summed E-state index contributed by atoms with van der Waals surface area (Å²) in [7, 11) is 0. The molecule has 2 heterocycles. The Morgan fingerprint density at radius 3 is 2.80 bits per heavy atom. The molecular formula is C15H16N4O. The smallest absolute Gasteiger partial charge is 0.136 e. The number of aromatic nitrogens is 3. The van der Waals surface area contributed by atoms with Gasteiger partial charge in [0.1, 0.15) is 12.4 Å². The minimum atomic E-state index is -0.103. The number of fused-ring (bicyclic) bond motifs is 1. The third-order valence-corrected chi connectivity index (χ3v) is 3.31. The number of hydrogen-bond acceptors (Lipinski definition) is 4. The van der Waals surface area contributed by atoms with Gasteiger partial charge >= 0.3 is 0 Å². The van der Waals surface area contributed by atoms with Crippen LogP contribution in [0.3, 0.4) is 0 Å². The summed E-state index contributed by atoms with van der Waals surface area (Å²) in [6, 6.07) is 9.60. The fraction of sp³-hybridized carbons (Fsp3) is 0.200. The third kappa shape index (κ3) is 2.23. The number of hydrogen-bond donors (Lipinski definition) is 2. The number of nitrogen functional groups attached to an aromatic ring is 1. The number of pyridine rings is 1. The Morgan fingerprint density at radius 1 is 1.25 bits per heavy atom. The number of nitrogens with zero attached hydrogens (tertiary/aromatic N) is 3. The zero-order valence-corrected chi connectivity index (χ0v) is 11.2. The van der Waals surface area contributed by atoms with Gasteiger partial charge < -0.3 is 15.4 Å². The molecule has 0 aliphatic rings. The average Bonchev–Trinajstić information content (AvgIpc) is 2.78. The number of benzene rings is 1. The van der Waals surface area contributed by atoms with Crippen LogP contribution in [0.2, 0.25) is 0 Å². The summed E-state index contributed by atoms with van der Waals surface area (Å²) >= 11 is 0. The maximum absolute atomic E-state index is 9.48. The van der Waals surface area contributed by atoms with Crippen LogP contribution < -0.4 is 5.73 Å². The SMILES string of the molecule is Cc1ccc(Cn2c(CO)nc3cc(N)ccc32)cn1. The van der Waals surface area contributed by atoms with Crippen molar-refractivity contribution >= 4 is 16.7 Å². The second kappa shape index (κ2) is 4.94. The summed E-state index contributed by atoms with van der Waals surface area (Å²) in [5.41, 5.74) is 10.3. The number of aryl methyl sites for hydroxylation is 1. The van der Waals surface area contributed by atoms with Gasteiger partial charge in [-0.3, -0.25) is 4.98 Å². The van der Waals surface area contributed by atoms with Gasteiger partial charge in [0.2, 0.25) is 0 Å². The maximum atomic E-state index is 9.48. The van der Waals surface area contributed by atoms with Gasteiger partial charge in [-0.2, -0.15) is 0 Å². The average molecular weight is 268 g/mol. The van der Waals surface area contributed by atoms with E-state index in [-0.39, 0.29) is 6.61 Å². The highest BCUT2D eigenvalue weighted by atomic mass is 16.3. The Hall–Kier alpha value is -2.40. The number of imidazole rings is 1. The Bertz CT molecular complexity index is 746. The van der Waals surface area contributed by atoms with E-state index in [0.29, 0.717) is 18.1 Å². The van der Waals surface area contributed by atoms with Gasteiger partial charge in [0.25, 0.3) is 0 Å². The zero-order chi connectivity index (χ0) is 14.1. The van der Waals surface area contributed by atoms with Crippen molar-refractivity contribution in [1.29, 1.82) is 0 Å². The molecule has 20 heavy (non-hydrogen) atoms. The van der Waals surface area contributed by atoms with Crippen molar-refractivity contribution in [3.63, 3.8) is 0 Å². The summed E-state index contributed by atoms with van der Waals surface area (Å²) in [5, 5.41) is 9.48. The van der Waals surface area contributed by atoms with Gasteiger partial charge in [-0.15, -0.1) is 0 Å². The topological polar surface area (TPSA) is 77.0 Å². The molecule has 0 aliphatic heterocycles. The first-order chi connectivity index (χ1) is 9.67. The molecule has 0 spiro atoms. The van der Waals surface area contributed by atoms with E-state index in [9.17, 15) is 5.11 Å². The lowest BCUT2D eigenvalue weighted by Gasteiger charge is -2.08. The van der Waals surface area contributed by atoms with Crippen LogP contribution in [-0.4, -0.2) is 19.6 Å². The Morgan fingerprint density at radius 2 is 2.10 bits per heavy atom. The van der Waals surface area contributed by atoms with Crippen molar-refractivity contribution in [2.45, 2.75) is 20.1 Å². The lowest BCUT2D eigenvalue weighted by Crippen LogP contribution is -2.05. The van der Waals surface area contributed by atoms with Crippen molar-refractivity contribution < 1.29 is 5.11 Å². The summed E-state index contributed by atoms with van der Waals surface area (Å²) in [4.78, 5) is 8.71. The minimum absolute atomic E-state index is 0.103. The molecule has 5 nitrogen and oxygen atoms in total. The van der Waals surface area contributed by atoms with E-state index in [0.717, 1.165) is 22.3 Å². The molecule has 0 saturated carbocycles. The predicted octanol–water partition coefficient (Wildman–Crippen LogP) is 1.86. The van der Waals surface area contributed by atoms with Gasteiger partial charge in [0.05, 0.1) is 17.6 Å². The molecule has 3 rings (SSSR count). The number of aliphatic hydroxyl groups is 1. The molecule has 0 atom stereocenters. The van der Waals surface area contributed by atoms with Gasteiger partial charge in [0.15, 0.2) is 0 Å². The van der Waals surface area contributed by atoms with Gasteiger partial charge in [0, 0.05) is 17.6 Å². The Labute approximate surface area is 116 Å². The summed E-state index contributed by atoms with van der Waals surface area (Å²) in [5.74, 6) is 0.631. The predicted molar refractivity (Wildman–Crippen MR) is 78.1 cm³/mol. The van der Waals surface area contributed by atoms with Crippen molar-refractivity contribution in [3.05, 3.63) is 53.6 Å². The number of rotatable bonds is 3. The van der Waals surface area contributed by atoms with E-state index in [1.165, 1.54) is 0 Å². The highest BCUT2D eigenvalue weighted by Gasteiger charge is 2.10. The molecule has 0 fully saturated rings. The van der Waals surface area contributed by atoms with E-state index in [4.69, 9.17) is 5.73 Å². The molecule has 0 saturated heterocycles. The number of anilines is 1. The minimum Gasteiger partial charge on any atom is -0.399 e. The molecule has 102 valence electrons. The van der Waals surface area contributed by atoms with Crippen molar-refractivity contribution in [2.75, 3.05) is 5.73 Å². The van der Waals surface area contributed by atoms with E-state index in [1.807, 2.05) is 48.0 Å². The molecule has 0 bridgehead atoms. The third-order valence-electron chi connectivity index (χ3n) is 3.31. The van der Waals surface area contributed by atoms with Gasteiger partial charge in [-0.25, -0.2) is 4.98 Å². The molecule has 0 unspecified atom stereocenters. The summed E-state index contributed by atoms with van der Waals surface area (Å²) < 4.78 is 1.99. The highest BCUT2D eigenvalue weighted by molar-refractivity contribution is 5.79. The Kier molecular flexibility index (Phi) is 3.12. The maximum Gasteiger partial charge on any atom is 0.136 e. The van der Waals surface area contributed by atoms with Crippen LogP contribution in [0.1, 0.15) is 17.1 Å². The fourth-order valence-corrected chi connectivity index (χ4v) is 2.27. The molecule has 0 aliphatic carbocycles. The normalized spacial score (nSPS) is 11.1. The van der Waals surface area contributed by atoms with E-state index >= 15 is 0 Å². The highest BCUT2D eigenvalue weighted by Crippen LogP contribution is 2.20. The van der Waals surface area contributed by atoms with Crippen LogP contribution in [0.25, 0.3) is 11.0 Å². The molecule has 3 aromatic rings. The van der Waals surface area contributed by atoms with Crippen molar-refractivity contribution in [3.8, 4) is 0 Å². The molecule has 1 aromatic carbocycles. The van der Waals surface area contributed by atoms with Gasteiger partial charge in [-0.1, -0.05) is 6.07 Å². The van der Waals surface area contributed by atoms with E-state index < -0.39 is 0 Å². The number of aliphatic hydroxyl groups excluding tert-OH is 1. The molecule has 0 radical (unpaired) electrons. The van der Waals surface area contributed by atoms with Crippen LogP contribution in [0.4, 0.5) is 5.69 Å². The summed E-state index contributed by atoms with van der Waals surface area (Å²) in [6.45, 7) is 2.48. The summed E-state index contributed by atoms with van der Waals surface area (Å²) in [6.07, 6.45) is 1.85. The lowest BCUT2D eigenvalue weighted by molar-refractivity contribution is 0.267. The van der Waals surface area contributed by atoms with E-state index in [2.05, 4.69) is 9.97 Å².